The Labute approximate surface area is 210 Å². The molecule has 1 aliphatic heterocycles. The van der Waals surface area contributed by atoms with Gasteiger partial charge in [0.15, 0.2) is 23.3 Å². The van der Waals surface area contributed by atoms with Crippen molar-refractivity contribution >= 4 is 28.8 Å². The van der Waals surface area contributed by atoms with Crippen LogP contribution in [0.2, 0.25) is 10.0 Å². The van der Waals surface area contributed by atoms with E-state index in [1.807, 2.05) is 72.8 Å². The van der Waals surface area contributed by atoms with E-state index in [1.165, 1.54) is 0 Å². The summed E-state index contributed by atoms with van der Waals surface area (Å²) < 4.78 is 19.8. The number of halogens is 2. The van der Waals surface area contributed by atoms with E-state index in [-0.39, 0.29) is 12.7 Å². The summed E-state index contributed by atoms with van der Waals surface area (Å²) in [6.07, 6.45) is 1.24. The van der Waals surface area contributed by atoms with Crippen LogP contribution in [0.4, 0.5) is 0 Å². The molecule has 1 unspecified atom stereocenters. The van der Waals surface area contributed by atoms with Crippen LogP contribution in [0.25, 0.3) is 27.9 Å². The number of fused-ring (bicyclic) bond motifs is 2. The zero-order valence-electron chi connectivity index (χ0n) is 18.3. The van der Waals surface area contributed by atoms with Crippen molar-refractivity contribution in [3.8, 4) is 39.6 Å². The van der Waals surface area contributed by atoms with E-state index >= 15 is 0 Å². The molecule has 0 radical (unpaired) electrons. The molecule has 0 amide bonds. The highest BCUT2D eigenvalue weighted by molar-refractivity contribution is 6.31. The lowest BCUT2D eigenvalue weighted by atomic mass is 9.96. The number of aromatic nitrogens is 4. The lowest BCUT2D eigenvalue weighted by Crippen LogP contribution is -2.34. The van der Waals surface area contributed by atoms with Gasteiger partial charge in [0.25, 0.3) is 0 Å². The Kier molecular flexibility index (Phi) is 5.64. The Morgan fingerprint density at radius 2 is 1.51 bits per heavy atom. The first-order valence-corrected chi connectivity index (χ1v) is 11.7. The smallest absolute Gasteiger partial charge is 0.240 e. The minimum Gasteiger partial charge on any atom is -0.486 e. The van der Waals surface area contributed by atoms with E-state index in [2.05, 4.69) is 15.3 Å². The van der Waals surface area contributed by atoms with E-state index in [0.29, 0.717) is 33.9 Å². The summed E-state index contributed by atoms with van der Waals surface area (Å²) in [6, 6.07) is 22.6. The maximum atomic E-state index is 6.29. The largest absolute Gasteiger partial charge is 0.486 e. The zero-order chi connectivity index (χ0) is 23.8. The molecule has 6 rings (SSSR count). The topological polar surface area (TPSA) is 70.8 Å². The molecule has 0 bridgehead atoms. The standard InChI is InChI=1S/C26H18Cl2N4O3/c27-18-9-5-16(6-10-18)23-24(17-7-11-19(28)12-8-17)26(31-32-15-29-30-25(23)32)34-14-20-13-33-21-3-1-2-4-22(21)35-20/h1-12,15,20H,13-14H2. The molecule has 7 nitrogen and oxygen atoms in total. The molecule has 0 fully saturated rings. The lowest BCUT2D eigenvalue weighted by molar-refractivity contribution is 0.0520. The Morgan fingerprint density at radius 3 is 2.23 bits per heavy atom. The average molecular weight is 505 g/mol. The summed E-state index contributed by atoms with van der Waals surface area (Å²) in [5.41, 5.74) is 3.95. The molecule has 5 aromatic rings. The van der Waals surface area contributed by atoms with Crippen molar-refractivity contribution < 1.29 is 14.2 Å². The molecule has 1 aliphatic rings. The van der Waals surface area contributed by atoms with Gasteiger partial charge in [-0.1, -0.05) is 59.6 Å². The summed E-state index contributed by atoms with van der Waals surface area (Å²) in [7, 11) is 0. The molecule has 3 heterocycles. The number of hydrogen-bond acceptors (Lipinski definition) is 6. The van der Waals surface area contributed by atoms with Gasteiger partial charge in [0.2, 0.25) is 5.88 Å². The quantitative estimate of drug-likeness (QED) is 0.293. The van der Waals surface area contributed by atoms with Crippen LogP contribution in [0.15, 0.2) is 79.1 Å². The van der Waals surface area contributed by atoms with Crippen LogP contribution >= 0.6 is 23.2 Å². The van der Waals surface area contributed by atoms with Gasteiger partial charge in [-0.3, -0.25) is 0 Å². The normalized spacial score (nSPS) is 14.7. The third kappa shape index (κ3) is 4.24. The van der Waals surface area contributed by atoms with Gasteiger partial charge >= 0.3 is 0 Å². The van der Waals surface area contributed by atoms with Gasteiger partial charge in [0.05, 0.1) is 5.56 Å². The molecule has 1 atom stereocenters. The van der Waals surface area contributed by atoms with E-state index in [4.69, 9.17) is 37.4 Å². The predicted molar refractivity (Wildman–Crippen MR) is 134 cm³/mol. The molecule has 35 heavy (non-hydrogen) atoms. The Bertz CT molecular complexity index is 1500. The van der Waals surface area contributed by atoms with Crippen LogP contribution in [0.3, 0.4) is 0 Å². The first kappa shape index (κ1) is 21.7. The summed E-state index contributed by atoms with van der Waals surface area (Å²) in [5.74, 6) is 1.82. The summed E-state index contributed by atoms with van der Waals surface area (Å²) in [4.78, 5) is 0. The second kappa shape index (κ2) is 9.09. The van der Waals surface area contributed by atoms with Gasteiger partial charge in [0.1, 0.15) is 19.5 Å². The summed E-state index contributed by atoms with van der Waals surface area (Å²) in [6.45, 7) is 0.599. The maximum Gasteiger partial charge on any atom is 0.240 e. The molecular weight excluding hydrogens is 487 g/mol. The average Bonchev–Trinajstić information content (AvgIpc) is 3.36. The van der Waals surface area contributed by atoms with Crippen molar-refractivity contribution in [1.29, 1.82) is 0 Å². The highest BCUT2D eigenvalue weighted by Gasteiger charge is 2.25. The van der Waals surface area contributed by atoms with Crippen molar-refractivity contribution in [2.75, 3.05) is 13.2 Å². The van der Waals surface area contributed by atoms with Gasteiger partial charge in [-0.15, -0.1) is 15.3 Å². The molecule has 174 valence electrons. The number of rotatable bonds is 5. The second-order valence-electron chi connectivity index (χ2n) is 7.98. The second-order valence-corrected chi connectivity index (χ2v) is 8.85. The van der Waals surface area contributed by atoms with E-state index < -0.39 is 0 Å². The van der Waals surface area contributed by atoms with Gasteiger partial charge in [-0.05, 0) is 47.5 Å². The monoisotopic (exact) mass is 504 g/mol. The molecule has 3 aromatic carbocycles. The fourth-order valence-electron chi connectivity index (χ4n) is 4.03. The fourth-order valence-corrected chi connectivity index (χ4v) is 4.28. The van der Waals surface area contributed by atoms with Gasteiger partial charge in [0, 0.05) is 15.6 Å². The SMILES string of the molecule is Clc1ccc(-c2c(OCC3COc4ccccc4O3)nn3cnnc3c2-c2ccc(Cl)cc2)cc1. The molecule has 0 N–H and O–H groups in total. The lowest BCUT2D eigenvalue weighted by Gasteiger charge is -2.26. The van der Waals surface area contributed by atoms with E-state index in [1.54, 1.807) is 10.8 Å². The maximum absolute atomic E-state index is 6.29. The van der Waals surface area contributed by atoms with Gasteiger partial charge in [-0.2, -0.15) is 4.52 Å². The van der Waals surface area contributed by atoms with Gasteiger partial charge < -0.3 is 14.2 Å². The molecule has 0 aliphatic carbocycles. The number of para-hydroxylation sites is 2. The van der Waals surface area contributed by atoms with Crippen molar-refractivity contribution in [2.24, 2.45) is 0 Å². The Balaban J connectivity index is 1.44. The number of nitrogens with zero attached hydrogens (tertiary/aromatic N) is 4. The molecule has 0 spiro atoms. The highest BCUT2D eigenvalue weighted by Crippen LogP contribution is 2.41. The Morgan fingerprint density at radius 1 is 0.857 bits per heavy atom. The third-order valence-electron chi connectivity index (χ3n) is 5.66. The number of hydrogen-bond donors (Lipinski definition) is 0. The molecule has 9 heteroatoms. The zero-order valence-corrected chi connectivity index (χ0v) is 19.8. The van der Waals surface area contributed by atoms with Crippen molar-refractivity contribution in [3.63, 3.8) is 0 Å². The Hall–Kier alpha value is -3.81. The van der Waals surface area contributed by atoms with Crippen LogP contribution in [0.1, 0.15) is 0 Å². The molecular formula is C26H18Cl2N4O3. The highest BCUT2D eigenvalue weighted by atomic mass is 35.5. The number of ether oxygens (including phenoxy) is 3. The predicted octanol–water partition coefficient (Wildman–Crippen LogP) is 5.98. The van der Waals surface area contributed by atoms with Crippen LogP contribution in [-0.2, 0) is 0 Å². The van der Waals surface area contributed by atoms with Crippen molar-refractivity contribution in [3.05, 3.63) is 89.2 Å². The van der Waals surface area contributed by atoms with Crippen LogP contribution in [0, 0.1) is 0 Å². The third-order valence-corrected chi connectivity index (χ3v) is 6.16. The fraction of sp³-hybridized carbons (Fsp3) is 0.115. The van der Waals surface area contributed by atoms with Crippen molar-refractivity contribution in [1.82, 2.24) is 19.8 Å². The molecule has 0 saturated heterocycles. The van der Waals surface area contributed by atoms with E-state index in [0.717, 1.165) is 28.0 Å². The molecule has 0 saturated carbocycles. The molecule has 2 aromatic heterocycles. The van der Waals surface area contributed by atoms with Crippen molar-refractivity contribution in [2.45, 2.75) is 6.10 Å². The summed E-state index contributed by atoms with van der Waals surface area (Å²) >= 11 is 12.3. The van der Waals surface area contributed by atoms with Crippen LogP contribution in [-0.4, -0.2) is 39.1 Å². The first-order chi connectivity index (χ1) is 17.2. The minimum atomic E-state index is -0.305. The van der Waals surface area contributed by atoms with Gasteiger partial charge in [-0.25, -0.2) is 0 Å². The number of benzene rings is 3. The first-order valence-electron chi connectivity index (χ1n) is 10.9. The van der Waals surface area contributed by atoms with Crippen LogP contribution in [0.5, 0.6) is 17.4 Å². The summed E-state index contributed by atoms with van der Waals surface area (Å²) in [5, 5.41) is 14.4. The van der Waals surface area contributed by atoms with Crippen LogP contribution < -0.4 is 14.2 Å². The van der Waals surface area contributed by atoms with E-state index in [9.17, 15) is 0 Å². The minimum absolute atomic E-state index is 0.232.